The van der Waals surface area contributed by atoms with Crippen molar-refractivity contribution in [2.75, 3.05) is 39.6 Å². The predicted octanol–water partition coefficient (Wildman–Crippen LogP) is 23.1. The molecule has 3 N–H and O–H groups in total. The van der Waals surface area contributed by atoms with Crippen LogP contribution in [0.3, 0.4) is 0 Å². The molecule has 17 nitrogen and oxygen atoms in total. The number of hydrogen-bond donors (Lipinski definition) is 3. The van der Waals surface area contributed by atoms with Crippen molar-refractivity contribution in [1.82, 2.24) is 0 Å². The molecular formula is C78H152O17P2. The third kappa shape index (κ3) is 70.9. The van der Waals surface area contributed by atoms with Crippen molar-refractivity contribution in [3.05, 3.63) is 0 Å². The van der Waals surface area contributed by atoms with Crippen LogP contribution in [0.15, 0.2) is 0 Å². The topological polar surface area (TPSA) is 237 Å². The van der Waals surface area contributed by atoms with Gasteiger partial charge in [-0.15, -0.1) is 0 Å². The summed E-state index contributed by atoms with van der Waals surface area (Å²) in [5.74, 6) is -0.597. The molecule has 0 bridgehead atoms. The maximum absolute atomic E-state index is 13.1. The smallest absolute Gasteiger partial charge is 0.462 e. The molecule has 0 saturated carbocycles. The van der Waals surface area contributed by atoms with E-state index in [1.165, 1.54) is 225 Å². The maximum atomic E-state index is 13.1. The van der Waals surface area contributed by atoms with Gasteiger partial charge in [0.1, 0.15) is 19.3 Å². The highest BCUT2D eigenvalue weighted by Gasteiger charge is 2.30. The molecule has 0 aliphatic rings. The number of unbranched alkanes of at least 4 members (excludes halogenated alkanes) is 46. The van der Waals surface area contributed by atoms with Crippen LogP contribution in [0, 0.1) is 11.8 Å². The normalized spacial score (nSPS) is 14.2. The second-order valence-corrected chi connectivity index (χ2v) is 31.7. The van der Waals surface area contributed by atoms with Gasteiger partial charge in [0.2, 0.25) is 0 Å². The summed E-state index contributed by atoms with van der Waals surface area (Å²) in [6.07, 6.45) is 58.4. The average Bonchev–Trinajstić information content (AvgIpc) is 1.50. The predicted molar refractivity (Wildman–Crippen MR) is 395 cm³/mol. The van der Waals surface area contributed by atoms with E-state index < -0.39 is 97.5 Å². The maximum Gasteiger partial charge on any atom is 0.472 e. The van der Waals surface area contributed by atoms with Crippen molar-refractivity contribution in [1.29, 1.82) is 0 Å². The standard InChI is InChI=1S/C78H152O17P2/c1-7-10-12-14-16-18-20-21-22-23-24-25-26-27-32-35-39-43-50-56-62-77(82)94-73(66-88-76(81)61-55-49-42-38-34-31-29-28-30-33-36-40-46-52-58-70(4)5)68-92-96(84,85)90-64-72(79)65-91-97(86,87)93-69-74(95-78(83)63-57-51-45-44-47-53-59-71(6)9-3)67-89-75(80)60-54-48-41-37-19-17-15-13-11-8-2/h70-74,79H,7-69H2,1-6H3,(H,84,85)(H,86,87)/t71?,72-,73-,74-/m1/s1. The minimum absolute atomic E-state index is 0.103. The lowest BCUT2D eigenvalue weighted by Gasteiger charge is -2.21. The Morgan fingerprint density at radius 2 is 0.526 bits per heavy atom. The minimum Gasteiger partial charge on any atom is -0.462 e. The van der Waals surface area contributed by atoms with Crippen molar-refractivity contribution in [2.24, 2.45) is 11.8 Å². The highest BCUT2D eigenvalue weighted by molar-refractivity contribution is 7.47. The molecule has 0 aliphatic heterocycles. The van der Waals surface area contributed by atoms with Crippen LogP contribution in [0.2, 0.25) is 0 Å². The molecule has 0 radical (unpaired) electrons. The summed E-state index contributed by atoms with van der Waals surface area (Å²) >= 11 is 0. The summed E-state index contributed by atoms with van der Waals surface area (Å²) in [5, 5.41) is 10.6. The zero-order chi connectivity index (χ0) is 71.4. The Bertz CT molecular complexity index is 1870. The lowest BCUT2D eigenvalue weighted by molar-refractivity contribution is -0.161. The fraction of sp³-hybridized carbons (Fsp3) is 0.949. The molecule has 576 valence electrons. The molecule has 0 saturated heterocycles. The van der Waals surface area contributed by atoms with E-state index in [1.54, 1.807) is 0 Å². The van der Waals surface area contributed by atoms with Crippen LogP contribution in [0.1, 0.15) is 408 Å². The van der Waals surface area contributed by atoms with E-state index in [9.17, 15) is 43.2 Å². The monoisotopic (exact) mass is 1420 g/mol. The molecular weight excluding hydrogens is 1270 g/mol. The number of phosphoric acid groups is 2. The highest BCUT2D eigenvalue weighted by Crippen LogP contribution is 2.45. The second-order valence-electron chi connectivity index (χ2n) is 28.8. The Morgan fingerprint density at radius 3 is 0.784 bits per heavy atom. The summed E-state index contributed by atoms with van der Waals surface area (Å²) in [6.45, 7) is 9.57. The zero-order valence-electron chi connectivity index (χ0n) is 63.4. The number of rotatable bonds is 77. The van der Waals surface area contributed by atoms with Crippen LogP contribution in [0.4, 0.5) is 0 Å². The van der Waals surface area contributed by atoms with Crippen molar-refractivity contribution >= 4 is 39.5 Å². The number of ether oxygens (including phenoxy) is 4. The number of aliphatic hydroxyl groups excluding tert-OH is 1. The molecule has 0 spiro atoms. The van der Waals surface area contributed by atoms with E-state index in [1.807, 2.05) is 0 Å². The molecule has 3 unspecified atom stereocenters. The molecule has 19 heteroatoms. The number of hydrogen-bond acceptors (Lipinski definition) is 15. The molecule has 0 fully saturated rings. The molecule has 0 aliphatic carbocycles. The van der Waals surface area contributed by atoms with Crippen LogP contribution in [0.5, 0.6) is 0 Å². The number of aliphatic hydroxyl groups is 1. The van der Waals surface area contributed by atoms with Gasteiger partial charge >= 0.3 is 39.5 Å². The number of carbonyl (C=O) groups is 4. The molecule has 0 amide bonds. The third-order valence-electron chi connectivity index (χ3n) is 18.6. The fourth-order valence-corrected chi connectivity index (χ4v) is 13.6. The first-order valence-electron chi connectivity index (χ1n) is 40.5. The lowest BCUT2D eigenvalue weighted by Crippen LogP contribution is -2.30. The van der Waals surface area contributed by atoms with Gasteiger partial charge in [0.05, 0.1) is 26.4 Å². The first-order chi connectivity index (χ1) is 46.9. The molecule has 0 heterocycles. The van der Waals surface area contributed by atoms with Gasteiger partial charge in [0.25, 0.3) is 0 Å². The van der Waals surface area contributed by atoms with Gasteiger partial charge < -0.3 is 33.8 Å². The summed E-state index contributed by atoms with van der Waals surface area (Å²) in [7, 11) is -9.91. The van der Waals surface area contributed by atoms with Gasteiger partial charge in [-0.1, -0.05) is 356 Å². The van der Waals surface area contributed by atoms with E-state index in [2.05, 4.69) is 41.5 Å². The van der Waals surface area contributed by atoms with E-state index in [-0.39, 0.29) is 25.7 Å². The number of esters is 4. The van der Waals surface area contributed by atoms with Crippen LogP contribution in [-0.4, -0.2) is 96.7 Å². The third-order valence-corrected chi connectivity index (χ3v) is 20.5. The van der Waals surface area contributed by atoms with Crippen molar-refractivity contribution < 1.29 is 80.2 Å². The van der Waals surface area contributed by atoms with Crippen LogP contribution < -0.4 is 0 Å². The Labute approximate surface area is 594 Å². The molecule has 0 rings (SSSR count). The Hall–Kier alpha value is -1.94. The average molecular weight is 1420 g/mol. The van der Waals surface area contributed by atoms with Gasteiger partial charge in [-0.3, -0.25) is 37.3 Å². The van der Waals surface area contributed by atoms with Crippen LogP contribution in [-0.2, 0) is 65.4 Å². The summed E-state index contributed by atoms with van der Waals surface area (Å²) in [5.41, 5.74) is 0. The van der Waals surface area contributed by atoms with Gasteiger partial charge in [-0.25, -0.2) is 9.13 Å². The Morgan fingerprint density at radius 1 is 0.299 bits per heavy atom. The van der Waals surface area contributed by atoms with Gasteiger partial charge in [-0.05, 0) is 37.5 Å². The zero-order valence-corrected chi connectivity index (χ0v) is 65.2. The van der Waals surface area contributed by atoms with E-state index in [0.29, 0.717) is 25.7 Å². The minimum atomic E-state index is -4.96. The first-order valence-corrected chi connectivity index (χ1v) is 43.5. The highest BCUT2D eigenvalue weighted by atomic mass is 31.2. The molecule has 0 aromatic carbocycles. The van der Waals surface area contributed by atoms with Crippen molar-refractivity contribution in [2.45, 2.75) is 426 Å². The lowest BCUT2D eigenvalue weighted by atomic mass is 10.00. The quantitative estimate of drug-likeness (QED) is 0.0222. The SMILES string of the molecule is CCCCCCCCCCCCCCCCCCCCCCC(=O)O[C@H](COC(=O)CCCCCCCCCCCCCCCCC(C)C)COP(=O)(O)OC[C@@H](O)COP(=O)(O)OC[C@@H](COC(=O)CCCCCCCCCCCC)OC(=O)CCCCCCCCC(C)CC. The fourth-order valence-electron chi connectivity index (χ4n) is 12.0. The van der Waals surface area contributed by atoms with Gasteiger partial charge in [0.15, 0.2) is 12.2 Å². The van der Waals surface area contributed by atoms with Gasteiger partial charge in [-0.2, -0.15) is 0 Å². The molecule has 6 atom stereocenters. The van der Waals surface area contributed by atoms with Crippen molar-refractivity contribution in [3.63, 3.8) is 0 Å². The molecule has 0 aromatic rings. The summed E-state index contributed by atoms with van der Waals surface area (Å²) in [4.78, 5) is 72.8. The summed E-state index contributed by atoms with van der Waals surface area (Å²) in [6, 6.07) is 0. The van der Waals surface area contributed by atoms with E-state index in [0.717, 1.165) is 102 Å². The largest absolute Gasteiger partial charge is 0.472 e. The molecule has 0 aromatic heterocycles. The van der Waals surface area contributed by atoms with Crippen molar-refractivity contribution in [3.8, 4) is 0 Å². The Balaban J connectivity index is 5.21. The molecule has 97 heavy (non-hydrogen) atoms. The number of carbonyl (C=O) groups excluding carboxylic acids is 4. The number of phosphoric ester groups is 2. The Kier molecular flexibility index (Phi) is 68.4. The second kappa shape index (κ2) is 69.8. The van der Waals surface area contributed by atoms with Gasteiger partial charge in [0, 0.05) is 25.7 Å². The van der Waals surface area contributed by atoms with E-state index in [4.69, 9.17) is 37.0 Å². The van der Waals surface area contributed by atoms with Crippen LogP contribution in [0.25, 0.3) is 0 Å². The van der Waals surface area contributed by atoms with E-state index >= 15 is 0 Å². The summed E-state index contributed by atoms with van der Waals surface area (Å²) < 4.78 is 68.5. The first kappa shape index (κ1) is 95.1. The van der Waals surface area contributed by atoms with Crippen LogP contribution >= 0.6 is 15.6 Å².